The van der Waals surface area contributed by atoms with E-state index in [1.165, 1.54) is 27.1 Å². The summed E-state index contributed by atoms with van der Waals surface area (Å²) in [6.07, 6.45) is 0. The van der Waals surface area contributed by atoms with E-state index in [1.807, 2.05) is 0 Å². The van der Waals surface area contributed by atoms with E-state index in [9.17, 15) is 0 Å². The molecule has 2 nitrogen and oxygen atoms in total. The Balaban J connectivity index is 2.01. The number of rotatable bonds is 2. The van der Waals surface area contributed by atoms with Gasteiger partial charge in [-0.1, -0.05) is 35.6 Å². The van der Waals surface area contributed by atoms with Crippen molar-refractivity contribution in [3.8, 4) is 0 Å². The number of fused-ring (bicyclic) bond motifs is 1. The Labute approximate surface area is 117 Å². The van der Waals surface area contributed by atoms with Crippen LogP contribution in [-0.2, 0) is 0 Å². The Morgan fingerprint density at radius 1 is 1.00 bits per heavy atom. The molecule has 1 heterocycles. The summed E-state index contributed by atoms with van der Waals surface area (Å²) in [5.41, 5.74) is 5.99. The number of hydrogen-bond acceptors (Lipinski definition) is 3. The quantitative estimate of drug-likeness (QED) is 0.710. The molecular formula is C16H16N2S. The zero-order valence-electron chi connectivity index (χ0n) is 11.3. The predicted octanol–water partition coefficient (Wildman–Crippen LogP) is 4.97. The lowest BCUT2D eigenvalue weighted by atomic mass is 10.1. The molecule has 1 N–H and O–H groups in total. The molecular weight excluding hydrogens is 252 g/mol. The van der Waals surface area contributed by atoms with Crippen molar-refractivity contribution < 1.29 is 0 Å². The van der Waals surface area contributed by atoms with Gasteiger partial charge in [0, 0.05) is 5.69 Å². The average molecular weight is 268 g/mol. The van der Waals surface area contributed by atoms with E-state index >= 15 is 0 Å². The van der Waals surface area contributed by atoms with Gasteiger partial charge in [-0.3, -0.25) is 0 Å². The minimum absolute atomic E-state index is 0.956. The third kappa shape index (κ3) is 2.34. The van der Waals surface area contributed by atoms with Gasteiger partial charge in [-0.2, -0.15) is 0 Å². The van der Waals surface area contributed by atoms with E-state index in [4.69, 9.17) is 0 Å². The Morgan fingerprint density at radius 3 is 2.47 bits per heavy atom. The number of benzene rings is 2. The summed E-state index contributed by atoms with van der Waals surface area (Å²) in [7, 11) is 0. The summed E-state index contributed by atoms with van der Waals surface area (Å²) in [5.74, 6) is 0. The third-order valence-corrected chi connectivity index (χ3v) is 4.19. The Hall–Kier alpha value is -1.87. The number of thiazole rings is 1. The number of nitrogens with one attached hydrogen (secondary N) is 1. The van der Waals surface area contributed by atoms with Gasteiger partial charge in [-0.15, -0.1) is 0 Å². The van der Waals surface area contributed by atoms with Crippen molar-refractivity contribution in [3.05, 3.63) is 53.1 Å². The van der Waals surface area contributed by atoms with E-state index in [0.29, 0.717) is 0 Å². The molecule has 0 aliphatic carbocycles. The Kier molecular flexibility index (Phi) is 2.99. The molecule has 0 aliphatic heterocycles. The first-order valence-electron chi connectivity index (χ1n) is 6.34. The highest BCUT2D eigenvalue weighted by Crippen LogP contribution is 2.31. The molecule has 0 amide bonds. The van der Waals surface area contributed by atoms with Crippen LogP contribution in [0.1, 0.15) is 16.7 Å². The van der Waals surface area contributed by atoms with Crippen LogP contribution in [0.4, 0.5) is 10.8 Å². The molecule has 0 spiro atoms. The van der Waals surface area contributed by atoms with Crippen molar-refractivity contribution in [1.82, 2.24) is 4.98 Å². The standard InChI is InChI=1S/C16H16N2S/c1-10-7-8-13-14(9-10)19-16(17-13)18-15-11(2)5-4-6-12(15)3/h4-9H,1-3H3,(H,17,18). The first-order valence-corrected chi connectivity index (χ1v) is 7.15. The maximum Gasteiger partial charge on any atom is 0.188 e. The molecule has 1 aromatic heterocycles. The molecule has 3 aromatic rings. The van der Waals surface area contributed by atoms with Gasteiger partial charge >= 0.3 is 0 Å². The molecule has 0 radical (unpaired) electrons. The third-order valence-electron chi connectivity index (χ3n) is 3.26. The summed E-state index contributed by atoms with van der Waals surface area (Å²) >= 11 is 1.70. The second-order valence-corrected chi connectivity index (χ2v) is 5.91. The molecule has 0 atom stereocenters. The topological polar surface area (TPSA) is 24.9 Å². The predicted molar refractivity (Wildman–Crippen MR) is 83.6 cm³/mol. The lowest BCUT2D eigenvalue weighted by molar-refractivity contribution is 1.34. The highest BCUT2D eigenvalue weighted by molar-refractivity contribution is 7.22. The molecule has 2 aromatic carbocycles. The summed E-state index contributed by atoms with van der Waals surface area (Å²) in [5, 5.41) is 4.41. The summed E-state index contributed by atoms with van der Waals surface area (Å²) in [6, 6.07) is 12.7. The summed E-state index contributed by atoms with van der Waals surface area (Å²) in [4.78, 5) is 4.64. The normalized spacial score (nSPS) is 10.9. The zero-order valence-corrected chi connectivity index (χ0v) is 12.1. The van der Waals surface area contributed by atoms with Crippen LogP contribution in [0.5, 0.6) is 0 Å². The van der Waals surface area contributed by atoms with Gasteiger partial charge in [0.05, 0.1) is 10.2 Å². The van der Waals surface area contributed by atoms with E-state index in [2.05, 4.69) is 67.5 Å². The minimum atomic E-state index is 0.956. The van der Waals surface area contributed by atoms with Gasteiger partial charge in [0.2, 0.25) is 0 Å². The van der Waals surface area contributed by atoms with Crippen LogP contribution < -0.4 is 5.32 Å². The van der Waals surface area contributed by atoms with Gasteiger partial charge in [-0.05, 0) is 49.6 Å². The number of nitrogens with zero attached hydrogens (tertiary/aromatic N) is 1. The van der Waals surface area contributed by atoms with E-state index in [1.54, 1.807) is 11.3 Å². The lowest BCUT2D eigenvalue weighted by Crippen LogP contribution is -1.94. The van der Waals surface area contributed by atoms with E-state index in [0.717, 1.165) is 10.6 Å². The molecule has 3 rings (SSSR count). The minimum Gasteiger partial charge on any atom is -0.331 e. The fourth-order valence-electron chi connectivity index (χ4n) is 2.20. The van der Waals surface area contributed by atoms with Crippen molar-refractivity contribution in [2.45, 2.75) is 20.8 Å². The summed E-state index contributed by atoms with van der Waals surface area (Å²) < 4.78 is 1.23. The lowest BCUT2D eigenvalue weighted by Gasteiger charge is -2.09. The molecule has 0 fully saturated rings. The van der Waals surface area contributed by atoms with Gasteiger partial charge < -0.3 is 5.32 Å². The van der Waals surface area contributed by atoms with Crippen molar-refractivity contribution in [2.24, 2.45) is 0 Å². The van der Waals surface area contributed by atoms with E-state index in [-0.39, 0.29) is 0 Å². The molecule has 0 bridgehead atoms. The van der Waals surface area contributed by atoms with Gasteiger partial charge in [-0.25, -0.2) is 4.98 Å². The zero-order chi connectivity index (χ0) is 13.4. The number of anilines is 2. The Morgan fingerprint density at radius 2 is 1.74 bits per heavy atom. The molecule has 96 valence electrons. The van der Waals surface area contributed by atoms with Crippen LogP contribution in [0.15, 0.2) is 36.4 Å². The smallest absolute Gasteiger partial charge is 0.188 e. The maximum atomic E-state index is 4.64. The summed E-state index contributed by atoms with van der Waals surface area (Å²) in [6.45, 7) is 6.34. The van der Waals surface area contributed by atoms with Crippen LogP contribution in [-0.4, -0.2) is 4.98 Å². The molecule has 0 saturated carbocycles. The molecule has 0 aliphatic rings. The first kappa shape index (κ1) is 12.2. The highest BCUT2D eigenvalue weighted by Gasteiger charge is 2.07. The fourth-order valence-corrected chi connectivity index (χ4v) is 3.17. The van der Waals surface area contributed by atoms with Crippen molar-refractivity contribution in [2.75, 3.05) is 5.32 Å². The SMILES string of the molecule is Cc1ccc2nc(Nc3c(C)cccc3C)sc2c1. The van der Waals surface area contributed by atoms with Crippen molar-refractivity contribution in [3.63, 3.8) is 0 Å². The first-order chi connectivity index (χ1) is 9.13. The molecule has 0 saturated heterocycles. The monoisotopic (exact) mass is 268 g/mol. The van der Waals surface area contributed by atoms with Crippen molar-refractivity contribution >= 4 is 32.4 Å². The average Bonchev–Trinajstić information content (AvgIpc) is 2.75. The van der Waals surface area contributed by atoms with Crippen LogP contribution in [0.3, 0.4) is 0 Å². The van der Waals surface area contributed by atoms with Gasteiger partial charge in [0.25, 0.3) is 0 Å². The molecule has 3 heteroatoms. The van der Waals surface area contributed by atoms with Crippen LogP contribution in [0, 0.1) is 20.8 Å². The second kappa shape index (κ2) is 4.67. The van der Waals surface area contributed by atoms with Gasteiger partial charge in [0.1, 0.15) is 0 Å². The van der Waals surface area contributed by atoms with Crippen molar-refractivity contribution in [1.29, 1.82) is 0 Å². The van der Waals surface area contributed by atoms with Crippen LogP contribution in [0.2, 0.25) is 0 Å². The van der Waals surface area contributed by atoms with Crippen LogP contribution >= 0.6 is 11.3 Å². The number of aromatic nitrogens is 1. The maximum absolute atomic E-state index is 4.64. The molecule has 19 heavy (non-hydrogen) atoms. The van der Waals surface area contributed by atoms with E-state index < -0.39 is 0 Å². The van der Waals surface area contributed by atoms with Crippen LogP contribution in [0.25, 0.3) is 10.2 Å². The Bertz CT molecular complexity index is 723. The second-order valence-electron chi connectivity index (χ2n) is 4.88. The highest BCUT2D eigenvalue weighted by atomic mass is 32.1. The fraction of sp³-hybridized carbons (Fsp3) is 0.188. The largest absolute Gasteiger partial charge is 0.331 e. The number of para-hydroxylation sites is 1. The van der Waals surface area contributed by atoms with Gasteiger partial charge in [0.15, 0.2) is 5.13 Å². The number of hydrogen-bond donors (Lipinski definition) is 1. The number of aryl methyl sites for hydroxylation is 3. The molecule has 0 unspecified atom stereocenters.